The monoisotopic (exact) mass is 384 g/mol. The van der Waals surface area contributed by atoms with E-state index in [1.165, 1.54) is 11.8 Å². The zero-order valence-corrected chi connectivity index (χ0v) is 16.6. The Bertz CT molecular complexity index is 869. The molecule has 0 aliphatic heterocycles. The van der Waals surface area contributed by atoms with Gasteiger partial charge in [-0.05, 0) is 56.4 Å². The molecular formula is C19H20N4OS2. The predicted molar refractivity (Wildman–Crippen MR) is 108 cm³/mol. The number of thioether (sulfide) groups is 1. The second-order valence-corrected chi connectivity index (χ2v) is 7.49. The maximum absolute atomic E-state index is 12.3. The molecule has 134 valence electrons. The lowest BCUT2D eigenvalue weighted by Crippen LogP contribution is -2.13. The van der Waals surface area contributed by atoms with Gasteiger partial charge in [0, 0.05) is 40.6 Å². The fraction of sp³-hybridized carbons (Fsp3) is 0.263. The summed E-state index contributed by atoms with van der Waals surface area (Å²) in [5.41, 5.74) is 4.79. The maximum Gasteiger partial charge on any atom is 0.224 e. The number of nitrogens with one attached hydrogen (secondary N) is 1. The van der Waals surface area contributed by atoms with Crippen molar-refractivity contribution >= 4 is 34.7 Å². The molecule has 0 bridgehead atoms. The Hall–Kier alpha value is -2.25. The molecule has 3 aromatic rings. The number of benzene rings is 1. The third-order valence-electron chi connectivity index (χ3n) is 4.03. The summed E-state index contributed by atoms with van der Waals surface area (Å²) in [6.45, 7) is 3.94. The molecule has 0 radical (unpaired) electrons. The van der Waals surface area contributed by atoms with Crippen LogP contribution in [0, 0.1) is 13.8 Å². The molecule has 0 aliphatic carbocycles. The van der Waals surface area contributed by atoms with Crippen LogP contribution in [0.1, 0.15) is 23.4 Å². The zero-order chi connectivity index (χ0) is 18.5. The highest BCUT2D eigenvalue weighted by molar-refractivity contribution is 7.98. The molecule has 1 amide bonds. The Labute approximate surface area is 161 Å². The van der Waals surface area contributed by atoms with Gasteiger partial charge in [0.2, 0.25) is 5.91 Å². The number of nitrogens with zero attached hydrogens (tertiary/aromatic N) is 3. The van der Waals surface area contributed by atoms with Gasteiger partial charge in [-0.25, -0.2) is 15.0 Å². The largest absolute Gasteiger partial charge is 0.326 e. The second kappa shape index (κ2) is 8.42. The van der Waals surface area contributed by atoms with Gasteiger partial charge in [-0.15, -0.1) is 11.3 Å². The van der Waals surface area contributed by atoms with E-state index in [1.54, 1.807) is 17.5 Å². The third-order valence-corrected chi connectivity index (χ3v) is 5.40. The zero-order valence-electron chi connectivity index (χ0n) is 14.9. The third kappa shape index (κ3) is 4.47. The molecule has 1 aromatic carbocycles. The number of aromatic nitrogens is 3. The van der Waals surface area contributed by atoms with Crippen LogP contribution in [0.25, 0.3) is 10.6 Å². The van der Waals surface area contributed by atoms with Crippen molar-refractivity contribution < 1.29 is 4.79 Å². The first kappa shape index (κ1) is 18.5. The van der Waals surface area contributed by atoms with E-state index in [-0.39, 0.29) is 5.91 Å². The van der Waals surface area contributed by atoms with Crippen LogP contribution in [0.2, 0.25) is 0 Å². The van der Waals surface area contributed by atoms with Crippen LogP contribution in [-0.2, 0) is 11.2 Å². The molecule has 3 rings (SSSR count). The van der Waals surface area contributed by atoms with Gasteiger partial charge in [0.15, 0.2) is 5.16 Å². The molecule has 0 unspecified atom stereocenters. The van der Waals surface area contributed by atoms with Crippen LogP contribution in [0.3, 0.4) is 0 Å². The van der Waals surface area contributed by atoms with Crippen LogP contribution in [0.4, 0.5) is 5.69 Å². The van der Waals surface area contributed by atoms with Gasteiger partial charge in [-0.2, -0.15) is 0 Å². The van der Waals surface area contributed by atoms with Gasteiger partial charge < -0.3 is 5.32 Å². The minimum absolute atomic E-state index is 0.0141. The summed E-state index contributed by atoms with van der Waals surface area (Å²) >= 11 is 3.12. The molecule has 1 N–H and O–H groups in total. The number of thiazole rings is 1. The minimum atomic E-state index is -0.0141. The standard InChI is InChI=1S/C19H20N4OS2/c1-12-16(13(2)22-19(21-12)25-3)8-9-17(24)23-15-6-4-14(5-7-15)18-20-10-11-26-18/h4-7,10-11H,8-9H2,1-3H3,(H,23,24). The molecule has 0 spiro atoms. The molecule has 0 atom stereocenters. The van der Waals surface area contributed by atoms with E-state index < -0.39 is 0 Å². The van der Waals surface area contributed by atoms with Gasteiger partial charge >= 0.3 is 0 Å². The van der Waals surface area contributed by atoms with Crippen molar-refractivity contribution in [1.82, 2.24) is 15.0 Å². The Morgan fingerprint density at radius 3 is 2.42 bits per heavy atom. The van der Waals surface area contributed by atoms with Crippen molar-refractivity contribution in [1.29, 1.82) is 0 Å². The van der Waals surface area contributed by atoms with Crippen LogP contribution >= 0.6 is 23.1 Å². The van der Waals surface area contributed by atoms with Crippen LogP contribution in [-0.4, -0.2) is 27.1 Å². The average molecular weight is 385 g/mol. The first-order valence-electron chi connectivity index (χ1n) is 8.24. The Balaban J connectivity index is 1.59. The van der Waals surface area contributed by atoms with E-state index in [0.717, 1.165) is 38.4 Å². The van der Waals surface area contributed by atoms with Crippen molar-refractivity contribution in [3.8, 4) is 10.6 Å². The van der Waals surface area contributed by atoms with Crippen molar-refractivity contribution in [2.75, 3.05) is 11.6 Å². The Kier molecular flexibility index (Phi) is 6.00. The predicted octanol–water partition coefficient (Wildman–Crippen LogP) is 4.51. The van der Waals surface area contributed by atoms with Crippen LogP contribution in [0.5, 0.6) is 0 Å². The van der Waals surface area contributed by atoms with E-state index in [0.29, 0.717) is 12.8 Å². The number of rotatable bonds is 6. The highest BCUT2D eigenvalue weighted by atomic mass is 32.2. The number of amides is 1. The van der Waals surface area contributed by atoms with E-state index in [1.807, 2.05) is 49.7 Å². The molecule has 0 fully saturated rings. The second-order valence-electron chi connectivity index (χ2n) is 5.82. The summed E-state index contributed by atoms with van der Waals surface area (Å²) in [6.07, 6.45) is 4.78. The molecule has 5 nitrogen and oxygen atoms in total. The molecule has 7 heteroatoms. The Morgan fingerprint density at radius 2 is 1.85 bits per heavy atom. The maximum atomic E-state index is 12.3. The first-order valence-corrected chi connectivity index (χ1v) is 10.3. The van der Waals surface area contributed by atoms with Crippen molar-refractivity contribution in [2.45, 2.75) is 31.8 Å². The molecule has 0 aliphatic rings. The van der Waals surface area contributed by atoms with Gasteiger partial charge in [-0.1, -0.05) is 11.8 Å². The lowest BCUT2D eigenvalue weighted by atomic mass is 10.1. The van der Waals surface area contributed by atoms with E-state index >= 15 is 0 Å². The topological polar surface area (TPSA) is 67.8 Å². The molecule has 0 saturated carbocycles. The smallest absolute Gasteiger partial charge is 0.224 e. The molecule has 2 aromatic heterocycles. The number of anilines is 1. The lowest BCUT2D eigenvalue weighted by molar-refractivity contribution is -0.116. The lowest BCUT2D eigenvalue weighted by Gasteiger charge is -2.10. The number of carbonyl (C=O) groups is 1. The quantitative estimate of drug-likeness (QED) is 0.500. The van der Waals surface area contributed by atoms with Gasteiger partial charge in [0.1, 0.15) is 5.01 Å². The first-order chi connectivity index (χ1) is 12.6. The van der Waals surface area contributed by atoms with Crippen molar-refractivity contribution in [3.63, 3.8) is 0 Å². The van der Waals surface area contributed by atoms with Crippen LogP contribution < -0.4 is 5.32 Å². The average Bonchev–Trinajstić information content (AvgIpc) is 3.16. The minimum Gasteiger partial charge on any atom is -0.326 e. The fourth-order valence-electron chi connectivity index (χ4n) is 2.69. The SMILES string of the molecule is CSc1nc(C)c(CCC(=O)Nc2ccc(-c3nccs3)cc2)c(C)n1. The van der Waals surface area contributed by atoms with Gasteiger partial charge in [-0.3, -0.25) is 4.79 Å². The van der Waals surface area contributed by atoms with E-state index in [9.17, 15) is 4.79 Å². The van der Waals surface area contributed by atoms with E-state index in [4.69, 9.17) is 0 Å². The summed E-state index contributed by atoms with van der Waals surface area (Å²) in [5, 5.41) is 6.64. The number of aryl methyl sites for hydroxylation is 2. The van der Waals surface area contributed by atoms with Crippen LogP contribution in [0.15, 0.2) is 41.0 Å². The highest BCUT2D eigenvalue weighted by Crippen LogP contribution is 2.23. The molecular weight excluding hydrogens is 364 g/mol. The van der Waals surface area contributed by atoms with Gasteiger partial charge in [0.25, 0.3) is 0 Å². The Morgan fingerprint density at radius 1 is 1.15 bits per heavy atom. The van der Waals surface area contributed by atoms with Crippen molar-refractivity contribution in [3.05, 3.63) is 52.8 Å². The summed E-state index contributed by atoms with van der Waals surface area (Å²) < 4.78 is 0. The highest BCUT2D eigenvalue weighted by Gasteiger charge is 2.11. The van der Waals surface area contributed by atoms with E-state index in [2.05, 4.69) is 20.3 Å². The normalized spacial score (nSPS) is 10.7. The fourth-order valence-corrected chi connectivity index (χ4v) is 3.79. The summed E-state index contributed by atoms with van der Waals surface area (Å²) in [4.78, 5) is 25.5. The van der Waals surface area contributed by atoms with Crippen molar-refractivity contribution in [2.24, 2.45) is 0 Å². The summed E-state index contributed by atoms with van der Waals surface area (Å²) in [5.74, 6) is -0.0141. The summed E-state index contributed by atoms with van der Waals surface area (Å²) in [6, 6.07) is 7.75. The summed E-state index contributed by atoms with van der Waals surface area (Å²) in [7, 11) is 0. The number of hydrogen-bond donors (Lipinski definition) is 1. The van der Waals surface area contributed by atoms with Gasteiger partial charge in [0.05, 0.1) is 0 Å². The number of carbonyl (C=O) groups excluding carboxylic acids is 1. The number of hydrogen-bond acceptors (Lipinski definition) is 6. The molecule has 2 heterocycles. The molecule has 0 saturated heterocycles. The molecule has 26 heavy (non-hydrogen) atoms.